The van der Waals surface area contributed by atoms with Crippen LogP contribution < -0.4 is 5.32 Å². The Balaban J connectivity index is 1.88. The van der Waals surface area contributed by atoms with Crippen LogP contribution in [-0.2, 0) is 16.4 Å². The van der Waals surface area contributed by atoms with Crippen LogP contribution >= 0.6 is 0 Å². The molecular weight excluding hydrogens is 348 g/mol. The molecular formula is C20H24N2O3S. The first kappa shape index (κ1) is 18.6. The fourth-order valence-corrected chi connectivity index (χ4v) is 4.83. The zero-order valence-electron chi connectivity index (χ0n) is 15.2. The van der Waals surface area contributed by atoms with Crippen LogP contribution in [0.1, 0.15) is 41.3 Å². The number of nitrogens with zero attached hydrogens (tertiary/aromatic N) is 1. The minimum atomic E-state index is -3.54. The fourth-order valence-electron chi connectivity index (χ4n) is 3.26. The van der Waals surface area contributed by atoms with Crippen LogP contribution in [-0.4, -0.2) is 31.7 Å². The van der Waals surface area contributed by atoms with Crippen LogP contribution in [0.3, 0.4) is 0 Å². The van der Waals surface area contributed by atoms with Gasteiger partial charge < -0.3 is 5.32 Å². The molecule has 0 spiro atoms. The standard InChI is InChI=1S/C20H24N2O3S/c1-3-16-9-6-8-15(2)19(16)21-20(23)17-10-7-11-18(14-17)26(24,25)22-12-4-5-13-22/h6-11,14H,3-5,12-13H2,1-2H3,(H,21,23). The van der Waals surface area contributed by atoms with Gasteiger partial charge in [-0.1, -0.05) is 31.2 Å². The number of carbonyl (C=O) groups is 1. The summed E-state index contributed by atoms with van der Waals surface area (Å²) in [7, 11) is -3.54. The third-order valence-corrected chi connectivity index (χ3v) is 6.67. The molecule has 1 aliphatic heterocycles. The Morgan fingerprint density at radius 3 is 2.50 bits per heavy atom. The molecule has 0 aliphatic carbocycles. The van der Waals surface area contributed by atoms with Gasteiger partial charge in [0.2, 0.25) is 10.0 Å². The van der Waals surface area contributed by atoms with Crippen molar-refractivity contribution in [3.63, 3.8) is 0 Å². The number of anilines is 1. The van der Waals surface area contributed by atoms with Gasteiger partial charge in [-0.2, -0.15) is 4.31 Å². The highest BCUT2D eigenvalue weighted by Gasteiger charge is 2.27. The minimum absolute atomic E-state index is 0.174. The zero-order chi connectivity index (χ0) is 18.7. The number of amides is 1. The lowest BCUT2D eigenvalue weighted by Gasteiger charge is -2.16. The summed E-state index contributed by atoms with van der Waals surface area (Å²) in [6.07, 6.45) is 2.57. The SMILES string of the molecule is CCc1cccc(C)c1NC(=O)c1cccc(S(=O)(=O)N2CCCC2)c1. The number of rotatable bonds is 5. The number of hydrogen-bond donors (Lipinski definition) is 1. The van der Waals surface area contributed by atoms with Gasteiger partial charge in [-0.3, -0.25) is 4.79 Å². The Morgan fingerprint density at radius 2 is 1.81 bits per heavy atom. The average molecular weight is 372 g/mol. The topological polar surface area (TPSA) is 66.5 Å². The average Bonchev–Trinajstić information content (AvgIpc) is 3.19. The molecule has 138 valence electrons. The second-order valence-corrected chi connectivity index (χ2v) is 8.49. The van der Waals surface area contributed by atoms with Crippen molar-refractivity contribution >= 4 is 21.6 Å². The maximum absolute atomic E-state index is 12.7. The second-order valence-electron chi connectivity index (χ2n) is 6.56. The van der Waals surface area contributed by atoms with Crippen LogP contribution in [0.15, 0.2) is 47.4 Å². The number of carbonyl (C=O) groups excluding carboxylic acids is 1. The first-order valence-electron chi connectivity index (χ1n) is 8.93. The number of para-hydroxylation sites is 1. The van der Waals surface area contributed by atoms with Crippen molar-refractivity contribution in [1.29, 1.82) is 0 Å². The molecule has 0 bridgehead atoms. The molecule has 0 atom stereocenters. The highest BCUT2D eigenvalue weighted by atomic mass is 32.2. The predicted octanol–water partition coefficient (Wildman–Crippen LogP) is 3.59. The molecule has 0 unspecified atom stereocenters. The Hall–Kier alpha value is -2.18. The Morgan fingerprint density at radius 1 is 1.12 bits per heavy atom. The van der Waals surface area contributed by atoms with Gasteiger partial charge in [0.25, 0.3) is 5.91 Å². The first-order chi connectivity index (χ1) is 12.4. The molecule has 0 saturated carbocycles. The molecule has 1 saturated heterocycles. The van der Waals surface area contributed by atoms with Crippen molar-refractivity contribution in [2.24, 2.45) is 0 Å². The highest BCUT2D eigenvalue weighted by molar-refractivity contribution is 7.89. The van der Waals surface area contributed by atoms with E-state index in [1.165, 1.54) is 10.4 Å². The quantitative estimate of drug-likeness (QED) is 0.872. The van der Waals surface area contributed by atoms with E-state index in [2.05, 4.69) is 5.32 Å². The van der Waals surface area contributed by atoms with E-state index in [0.29, 0.717) is 18.7 Å². The lowest BCUT2D eigenvalue weighted by atomic mass is 10.1. The highest BCUT2D eigenvalue weighted by Crippen LogP contribution is 2.24. The smallest absolute Gasteiger partial charge is 0.255 e. The zero-order valence-corrected chi connectivity index (χ0v) is 16.0. The molecule has 0 radical (unpaired) electrons. The molecule has 0 aromatic heterocycles. The molecule has 3 rings (SSSR count). The molecule has 2 aromatic carbocycles. The predicted molar refractivity (Wildman–Crippen MR) is 103 cm³/mol. The fraction of sp³-hybridized carbons (Fsp3) is 0.350. The molecule has 1 heterocycles. The Labute approximate surface area is 155 Å². The van der Waals surface area contributed by atoms with E-state index in [1.807, 2.05) is 32.0 Å². The van der Waals surface area contributed by atoms with Gasteiger partial charge in [0.1, 0.15) is 0 Å². The summed E-state index contributed by atoms with van der Waals surface area (Å²) >= 11 is 0. The van der Waals surface area contributed by atoms with Gasteiger partial charge >= 0.3 is 0 Å². The molecule has 1 fully saturated rings. The van der Waals surface area contributed by atoms with Crippen molar-refractivity contribution in [2.75, 3.05) is 18.4 Å². The molecule has 1 N–H and O–H groups in total. The molecule has 6 heteroatoms. The Bertz CT molecular complexity index is 916. The summed E-state index contributed by atoms with van der Waals surface area (Å²) in [6, 6.07) is 12.2. The van der Waals surface area contributed by atoms with E-state index in [9.17, 15) is 13.2 Å². The molecule has 1 aliphatic rings. The monoisotopic (exact) mass is 372 g/mol. The largest absolute Gasteiger partial charge is 0.321 e. The molecule has 5 nitrogen and oxygen atoms in total. The summed E-state index contributed by atoms with van der Waals surface area (Å²) < 4.78 is 26.9. The maximum Gasteiger partial charge on any atom is 0.255 e. The van der Waals surface area contributed by atoms with Gasteiger partial charge in [-0.05, 0) is 55.5 Å². The maximum atomic E-state index is 12.7. The van der Waals surface area contributed by atoms with Crippen LogP contribution in [0.25, 0.3) is 0 Å². The van der Waals surface area contributed by atoms with Gasteiger partial charge in [-0.25, -0.2) is 8.42 Å². The van der Waals surface area contributed by atoms with Crippen LogP contribution in [0.4, 0.5) is 5.69 Å². The van der Waals surface area contributed by atoms with Gasteiger partial charge in [0.05, 0.1) is 4.90 Å². The number of hydrogen-bond acceptors (Lipinski definition) is 3. The summed E-state index contributed by atoms with van der Waals surface area (Å²) in [5.41, 5.74) is 3.18. The van der Waals surface area contributed by atoms with Gasteiger partial charge in [-0.15, -0.1) is 0 Å². The van der Waals surface area contributed by atoms with E-state index in [4.69, 9.17) is 0 Å². The lowest BCUT2D eigenvalue weighted by Crippen LogP contribution is -2.28. The van der Waals surface area contributed by atoms with E-state index >= 15 is 0 Å². The van der Waals surface area contributed by atoms with Crippen molar-refractivity contribution in [1.82, 2.24) is 4.31 Å². The number of aryl methyl sites for hydroxylation is 2. The van der Waals surface area contributed by atoms with Crippen molar-refractivity contribution < 1.29 is 13.2 Å². The minimum Gasteiger partial charge on any atom is -0.321 e. The molecule has 1 amide bonds. The molecule has 26 heavy (non-hydrogen) atoms. The van der Waals surface area contributed by atoms with E-state index in [0.717, 1.165) is 36.1 Å². The van der Waals surface area contributed by atoms with E-state index in [1.54, 1.807) is 18.2 Å². The van der Waals surface area contributed by atoms with Gasteiger partial charge in [0.15, 0.2) is 0 Å². The van der Waals surface area contributed by atoms with Crippen molar-refractivity contribution in [3.8, 4) is 0 Å². The van der Waals surface area contributed by atoms with Crippen LogP contribution in [0, 0.1) is 6.92 Å². The summed E-state index contributed by atoms with van der Waals surface area (Å²) in [5, 5.41) is 2.95. The van der Waals surface area contributed by atoms with E-state index < -0.39 is 10.0 Å². The second kappa shape index (κ2) is 7.60. The Kier molecular flexibility index (Phi) is 5.44. The van der Waals surface area contributed by atoms with Crippen molar-refractivity contribution in [2.45, 2.75) is 38.0 Å². The third-order valence-electron chi connectivity index (χ3n) is 4.78. The number of nitrogens with one attached hydrogen (secondary N) is 1. The third kappa shape index (κ3) is 3.66. The summed E-state index contributed by atoms with van der Waals surface area (Å²) in [6.45, 7) is 5.07. The van der Waals surface area contributed by atoms with Crippen LogP contribution in [0.2, 0.25) is 0 Å². The van der Waals surface area contributed by atoms with Crippen LogP contribution in [0.5, 0.6) is 0 Å². The number of benzene rings is 2. The first-order valence-corrected chi connectivity index (χ1v) is 10.4. The molecule has 2 aromatic rings. The van der Waals surface area contributed by atoms with E-state index in [-0.39, 0.29) is 10.8 Å². The summed E-state index contributed by atoms with van der Waals surface area (Å²) in [4.78, 5) is 12.9. The summed E-state index contributed by atoms with van der Waals surface area (Å²) in [5.74, 6) is -0.299. The lowest BCUT2D eigenvalue weighted by molar-refractivity contribution is 0.102. The van der Waals surface area contributed by atoms with Gasteiger partial charge in [0, 0.05) is 24.3 Å². The van der Waals surface area contributed by atoms with Crippen molar-refractivity contribution in [3.05, 3.63) is 59.2 Å². The normalized spacial score (nSPS) is 15.2. The number of sulfonamides is 1.